The van der Waals surface area contributed by atoms with Crippen molar-refractivity contribution in [3.05, 3.63) is 22.4 Å². The lowest BCUT2D eigenvalue weighted by Gasteiger charge is -2.62. The Morgan fingerprint density at radius 1 is 1.16 bits per heavy atom. The quantitative estimate of drug-likeness (QED) is 0.537. The number of hydrogen-bond acceptors (Lipinski definition) is 3. The lowest BCUT2D eigenvalue weighted by molar-refractivity contribution is -0.164. The van der Waals surface area contributed by atoms with Gasteiger partial charge in [0.25, 0.3) is 0 Å². The second-order valence-electron chi connectivity index (χ2n) is 12.3. The molecule has 0 aliphatic heterocycles. The molecule has 5 rings (SSSR count). The van der Waals surface area contributed by atoms with Crippen LogP contribution in [-0.2, 0) is 11.3 Å². The lowest BCUT2D eigenvalue weighted by Crippen LogP contribution is -2.57. The zero-order chi connectivity index (χ0) is 22.5. The second kappa shape index (κ2) is 8.73. The van der Waals surface area contributed by atoms with Crippen molar-refractivity contribution in [3.63, 3.8) is 0 Å². The predicted molar refractivity (Wildman–Crippen MR) is 131 cm³/mol. The summed E-state index contributed by atoms with van der Waals surface area (Å²) in [4.78, 5) is 13.9. The van der Waals surface area contributed by atoms with Gasteiger partial charge in [0.15, 0.2) is 0 Å². The molecular formula is C28H43NO2S. The predicted octanol–water partition coefficient (Wildman–Crippen LogP) is 6.41. The summed E-state index contributed by atoms with van der Waals surface area (Å²) in [6.07, 6.45) is 12.1. The summed E-state index contributed by atoms with van der Waals surface area (Å²) in [6, 6.07) is 4.13. The summed E-state index contributed by atoms with van der Waals surface area (Å²) < 4.78 is 0. The molecule has 0 saturated heterocycles. The van der Waals surface area contributed by atoms with E-state index in [1.54, 1.807) is 11.3 Å². The topological polar surface area (TPSA) is 49.3 Å². The van der Waals surface area contributed by atoms with E-state index in [4.69, 9.17) is 0 Å². The number of amides is 1. The molecule has 4 aliphatic rings. The van der Waals surface area contributed by atoms with Gasteiger partial charge in [-0.3, -0.25) is 4.79 Å². The first-order chi connectivity index (χ1) is 15.3. The van der Waals surface area contributed by atoms with Gasteiger partial charge in [-0.2, -0.15) is 0 Å². The zero-order valence-electron chi connectivity index (χ0n) is 20.3. The molecule has 0 radical (unpaired) electrons. The Bertz CT molecular complexity index is 808. The van der Waals surface area contributed by atoms with Gasteiger partial charge in [-0.25, -0.2) is 0 Å². The van der Waals surface area contributed by atoms with Crippen LogP contribution in [0.2, 0.25) is 0 Å². The summed E-state index contributed by atoms with van der Waals surface area (Å²) in [5.41, 5.74) is 0.738. The second-order valence-corrected chi connectivity index (χ2v) is 13.3. The van der Waals surface area contributed by atoms with Crippen LogP contribution in [-0.4, -0.2) is 17.1 Å². The molecule has 1 amide bonds. The number of carbonyl (C=O) groups excluding carboxylic acids is 1. The van der Waals surface area contributed by atoms with Crippen molar-refractivity contribution < 1.29 is 9.90 Å². The third-order valence-corrected chi connectivity index (χ3v) is 11.8. The first kappa shape index (κ1) is 22.9. The van der Waals surface area contributed by atoms with Crippen molar-refractivity contribution in [2.24, 2.45) is 46.3 Å². The van der Waals surface area contributed by atoms with Crippen molar-refractivity contribution in [1.82, 2.24) is 5.32 Å². The van der Waals surface area contributed by atoms with Crippen LogP contribution in [0.5, 0.6) is 0 Å². The van der Waals surface area contributed by atoms with E-state index < -0.39 is 0 Å². The van der Waals surface area contributed by atoms with Crippen molar-refractivity contribution in [2.45, 2.75) is 97.6 Å². The van der Waals surface area contributed by atoms with Crippen molar-refractivity contribution in [1.29, 1.82) is 0 Å². The molecule has 4 saturated carbocycles. The van der Waals surface area contributed by atoms with E-state index in [0.29, 0.717) is 48.0 Å². The fourth-order valence-electron chi connectivity index (χ4n) is 9.34. The molecule has 2 N–H and O–H groups in total. The van der Waals surface area contributed by atoms with Crippen molar-refractivity contribution in [3.8, 4) is 0 Å². The third-order valence-electron chi connectivity index (χ3n) is 10.9. The summed E-state index contributed by atoms with van der Waals surface area (Å²) in [6.45, 7) is 8.07. The van der Waals surface area contributed by atoms with Gasteiger partial charge in [0, 0.05) is 11.3 Å². The Morgan fingerprint density at radius 3 is 2.75 bits per heavy atom. The van der Waals surface area contributed by atoms with Crippen LogP contribution in [0.25, 0.3) is 0 Å². The zero-order valence-corrected chi connectivity index (χ0v) is 21.1. The van der Waals surface area contributed by atoms with Crippen LogP contribution in [0.3, 0.4) is 0 Å². The molecule has 178 valence electrons. The van der Waals surface area contributed by atoms with E-state index >= 15 is 0 Å². The number of aliphatic hydroxyl groups is 1. The fraction of sp³-hybridized carbons (Fsp3) is 0.821. The number of carbonyl (C=O) groups is 1. The number of rotatable bonds is 5. The highest BCUT2D eigenvalue weighted by atomic mass is 32.1. The Balaban J connectivity index is 1.27. The molecule has 9 atom stereocenters. The molecule has 4 heteroatoms. The van der Waals surface area contributed by atoms with E-state index in [-0.39, 0.29) is 17.4 Å². The smallest absolute Gasteiger partial charge is 0.220 e. The summed E-state index contributed by atoms with van der Waals surface area (Å²) >= 11 is 1.70. The van der Waals surface area contributed by atoms with Crippen molar-refractivity contribution in [2.75, 3.05) is 0 Å². The Kier molecular flexibility index (Phi) is 6.24. The van der Waals surface area contributed by atoms with Gasteiger partial charge in [-0.05, 0) is 103 Å². The van der Waals surface area contributed by atoms with Gasteiger partial charge in [-0.15, -0.1) is 11.3 Å². The molecule has 32 heavy (non-hydrogen) atoms. The number of nitrogens with one attached hydrogen (secondary N) is 1. The minimum atomic E-state index is -0.107. The SMILES string of the molecule is C[C@H](CC(=O)NCc1cccs1)C1CC[C@H]2C3C(O)CC4CCCCC4(C)[C@H]3CCC12C. The minimum Gasteiger partial charge on any atom is -0.393 e. The molecule has 4 fully saturated rings. The Labute approximate surface area is 198 Å². The average Bonchev–Trinajstić information content (AvgIpc) is 3.40. The van der Waals surface area contributed by atoms with E-state index in [9.17, 15) is 9.90 Å². The maximum absolute atomic E-state index is 12.7. The number of thiophene rings is 1. The highest BCUT2D eigenvalue weighted by Gasteiger charge is 2.62. The molecule has 1 aromatic rings. The van der Waals surface area contributed by atoms with Gasteiger partial charge in [0.2, 0.25) is 5.91 Å². The number of fused-ring (bicyclic) bond motifs is 5. The standard InChI is InChI=1S/C28H43NO2S/c1-18(15-25(31)29-17-20-8-6-14-32-20)21-9-10-22-26-23(11-13-28(21,22)3)27(2)12-5-4-7-19(27)16-24(26)30/h6,8,14,18-19,21-24,26,30H,4-5,7,9-13,15-17H2,1-3H3,(H,29,31)/t18-,19?,21?,22+,23+,24?,26?,27?,28?/m1/s1. The normalized spacial score (nSPS) is 44.2. The number of aliphatic hydroxyl groups excluding tert-OH is 1. The van der Waals surface area contributed by atoms with Gasteiger partial charge in [0.05, 0.1) is 12.6 Å². The van der Waals surface area contributed by atoms with Crippen LogP contribution in [0, 0.1) is 46.3 Å². The molecule has 0 bridgehead atoms. The maximum atomic E-state index is 12.7. The van der Waals surface area contributed by atoms with E-state index in [2.05, 4.69) is 37.5 Å². The molecular weight excluding hydrogens is 414 g/mol. The van der Waals surface area contributed by atoms with Gasteiger partial charge >= 0.3 is 0 Å². The molecule has 4 aliphatic carbocycles. The Morgan fingerprint density at radius 2 is 1.97 bits per heavy atom. The highest BCUT2D eigenvalue weighted by Crippen LogP contribution is 2.68. The van der Waals surface area contributed by atoms with Crippen LogP contribution in [0.1, 0.15) is 89.9 Å². The molecule has 1 aromatic heterocycles. The fourth-order valence-corrected chi connectivity index (χ4v) is 9.98. The average molecular weight is 458 g/mol. The van der Waals surface area contributed by atoms with Crippen LogP contribution >= 0.6 is 11.3 Å². The summed E-state index contributed by atoms with van der Waals surface area (Å²) in [7, 11) is 0. The highest BCUT2D eigenvalue weighted by molar-refractivity contribution is 7.09. The number of hydrogen-bond donors (Lipinski definition) is 2. The summed E-state index contributed by atoms with van der Waals surface area (Å²) in [5, 5.41) is 16.6. The monoisotopic (exact) mass is 457 g/mol. The van der Waals surface area contributed by atoms with Crippen molar-refractivity contribution >= 4 is 17.2 Å². The minimum absolute atomic E-state index is 0.107. The van der Waals surface area contributed by atoms with E-state index in [0.717, 1.165) is 12.3 Å². The van der Waals surface area contributed by atoms with Crippen LogP contribution in [0.15, 0.2) is 17.5 Å². The van der Waals surface area contributed by atoms with Gasteiger partial charge in [0.1, 0.15) is 0 Å². The summed E-state index contributed by atoms with van der Waals surface area (Å²) in [5.74, 6) is 3.77. The molecule has 0 aromatic carbocycles. The van der Waals surface area contributed by atoms with E-state index in [1.807, 2.05) is 6.07 Å². The molecule has 1 heterocycles. The van der Waals surface area contributed by atoms with E-state index in [1.165, 1.54) is 56.2 Å². The lowest BCUT2D eigenvalue weighted by atomic mass is 9.44. The largest absolute Gasteiger partial charge is 0.393 e. The Hall–Kier alpha value is -0.870. The first-order valence-electron chi connectivity index (χ1n) is 13.3. The van der Waals surface area contributed by atoms with Crippen LogP contribution < -0.4 is 5.32 Å². The molecule has 3 nitrogen and oxygen atoms in total. The van der Waals surface area contributed by atoms with Crippen LogP contribution in [0.4, 0.5) is 0 Å². The maximum Gasteiger partial charge on any atom is 0.220 e. The molecule has 0 spiro atoms. The molecule has 6 unspecified atom stereocenters. The van der Waals surface area contributed by atoms with Gasteiger partial charge < -0.3 is 10.4 Å². The van der Waals surface area contributed by atoms with Gasteiger partial charge in [-0.1, -0.05) is 39.7 Å². The third kappa shape index (κ3) is 3.78. The first-order valence-corrected chi connectivity index (χ1v) is 14.2.